The summed E-state index contributed by atoms with van der Waals surface area (Å²) >= 11 is 0. The van der Waals surface area contributed by atoms with Crippen LogP contribution in [0.4, 0.5) is 5.95 Å². The summed E-state index contributed by atoms with van der Waals surface area (Å²) in [4.78, 5) is 42.6. The standard InChI is InChI=1S/C23H21N5O5/c24-23-25-11-19-20(27-23)28(15-26-19)33-14-16(12-31-21(29)17-7-3-1-4-8-17)13-32-22(30)18-9-5-2-6-10-18/h1-11,15-16H,12-14H2,(H2,24,25,27). The summed E-state index contributed by atoms with van der Waals surface area (Å²) in [6.07, 6.45) is 2.92. The molecule has 2 heterocycles. The molecule has 0 atom stereocenters. The maximum absolute atomic E-state index is 12.3. The predicted molar refractivity (Wildman–Crippen MR) is 118 cm³/mol. The molecule has 0 saturated heterocycles. The molecule has 0 aliphatic heterocycles. The zero-order chi connectivity index (χ0) is 23.0. The summed E-state index contributed by atoms with van der Waals surface area (Å²) in [6.45, 7) is -0.00138. The molecule has 0 saturated carbocycles. The van der Waals surface area contributed by atoms with Crippen LogP contribution in [0.5, 0.6) is 0 Å². The van der Waals surface area contributed by atoms with Crippen LogP contribution in [0, 0.1) is 5.92 Å². The highest BCUT2D eigenvalue weighted by Crippen LogP contribution is 2.11. The molecule has 10 nitrogen and oxygen atoms in total. The van der Waals surface area contributed by atoms with Gasteiger partial charge in [0.2, 0.25) is 11.6 Å². The maximum Gasteiger partial charge on any atom is 0.338 e. The number of nitrogens with zero attached hydrogens (tertiary/aromatic N) is 4. The number of carbonyl (C=O) groups excluding carboxylic acids is 2. The van der Waals surface area contributed by atoms with Gasteiger partial charge in [-0.1, -0.05) is 36.4 Å². The fourth-order valence-electron chi connectivity index (χ4n) is 2.93. The molecule has 0 radical (unpaired) electrons. The molecule has 0 spiro atoms. The van der Waals surface area contributed by atoms with Crippen molar-refractivity contribution in [1.82, 2.24) is 19.7 Å². The summed E-state index contributed by atoms with van der Waals surface area (Å²) < 4.78 is 12.2. The van der Waals surface area contributed by atoms with E-state index >= 15 is 0 Å². The van der Waals surface area contributed by atoms with E-state index in [4.69, 9.17) is 20.0 Å². The lowest BCUT2D eigenvalue weighted by Gasteiger charge is -2.18. The monoisotopic (exact) mass is 447 g/mol. The third-order valence-corrected chi connectivity index (χ3v) is 4.65. The van der Waals surface area contributed by atoms with Gasteiger partial charge in [0.15, 0.2) is 0 Å². The quantitative estimate of drug-likeness (QED) is 0.383. The second kappa shape index (κ2) is 10.2. The number of rotatable bonds is 9. The molecule has 2 aromatic carbocycles. The molecule has 0 bridgehead atoms. The molecule has 0 amide bonds. The van der Waals surface area contributed by atoms with Gasteiger partial charge < -0.3 is 20.0 Å². The maximum atomic E-state index is 12.3. The van der Waals surface area contributed by atoms with Gasteiger partial charge in [-0.2, -0.15) is 9.71 Å². The Morgan fingerprint density at radius 2 is 1.42 bits per heavy atom. The topological polar surface area (TPSA) is 131 Å². The van der Waals surface area contributed by atoms with Crippen molar-refractivity contribution < 1.29 is 23.9 Å². The molecule has 0 unspecified atom stereocenters. The second-order valence-electron chi connectivity index (χ2n) is 7.10. The number of imidazole rings is 1. The average Bonchev–Trinajstić information content (AvgIpc) is 3.26. The van der Waals surface area contributed by atoms with Crippen LogP contribution < -0.4 is 10.6 Å². The molecule has 4 rings (SSSR count). The zero-order valence-electron chi connectivity index (χ0n) is 17.5. The molecule has 10 heteroatoms. The molecule has 4 aromatic rings. The van der Waals surface area contributed by atoms with Gasteiger partial charge in [0.25, 0.3) is 0 Å². The molecule has 33 heavy (non-hydrogen) atoms. The normalized spacial score (nSPS) is 10.8. The molecule has 0 aliphatic carbocycles. The summed E-state index contributed by atoms with van der Waals surface area (Å²) in [5, 5.41) is 0. The number of benzene rings is 2. The van der Waals surface area contributed by atoms with Crippen LogP contribution in [0.3, 0.4) is 0 Å². The van der Waals surface area contributed by atoms with Crippen molar-refractivity contribution in [3.05, 3.63) is 84.3 Å². The number of fused-ring (bicyclic) bond motifs is 1. The van der Waals surface area contributed by atoms with Crippen molar-refractivity contribution in [3.8, 4) is 0 Å². The van der Waals surface area contributed by atoms with Crippen LogP contribution >= 0.6 is 0 Å². The molecule has 2 aromatic heterocycles. The van der Waals surface area contributed by atoms with E-state index in [1.165, 1.54) is 17.3 Å². The van der Waals surface area contributed by atoms with Crippen molar-refractivity contribution in [3.63, 3.8) is 0 Å². The highest BCUT2D eigenvalue weighted by atomic mass is 16.7. The van der Waals surface area contributed by atoms with E-state index in [2.05, 4.69) is 15.0 Å². The lowest BCUT2D eigenvalue weighted by Crippen LogP contribution is -2.29. The van der Waals surface area contributed by atoms with E-state index in [0.717, 1.165) is 0 Å². The molecule has 168 valence electrons. The highest BCUT2D eigenvalue weighted by Gasteiger charge is 2.19. The van der Waals surface area contributed by atoms with E-state index in [-0.39, 0.29) is 25.8 Å². The molecular weight excluding hydrogens is 426 g/mol. The third kappa shape index (κ3) is 5.62. The number of aromatic nitrogens is 4. The fourth-order valence-corrected chi connectivity index (χ4v) is 2.93. The summed E-state index contributed by atoms with van der Waals surface area (Å²) in [5.74, 6) is -1.34. The first-order valence-corrected chi connectivity index (χ1v) is 10.1. The van der Waals surface area contributed by atoms with Gasteiger partial charge in [0.05, 0.1) is 23.2 Å². The van der Waals surface area contributed by atoms with Gasteiger partial charge in [0, 0.05) is 0 Å². The minimum absolute atomic E-state index is 0.0282. The van der Waals surface area contributed by atoms with E-state index in [9.17, 15) is 9.59 Å². The molecule has 0 fully saturated rings. The minimum atomic E-state index is -0.483. The van der Waals surface area contributed by atoms with Crippen molar-refractivity contribution in [1.29, 1.82) is 0 Å². The van der Waals surface area contributed by atoms with Crippen molar-refractivity contribution in [2.75, 3.05) is 25.6 Å². The van der Waals surface area contributed by atoms with E-state index in [1.54, 1.807) is 48.5 Å². The number of nitrogen functional groups attached to an aromatic ring is 1. The Morgan fingerprint density at radius 3 is 2.00 bits per heavy atom. The number of ether oxygens (including phenoxy) is 2. The number of nitrogens with two attached hydrogens (primary N) is 1. The van der Waals surface area contributed by atoms with Gasteiger partial charge in [-0.05, 0) is 24.3 Å². The summed E-state index contributed by atoms with van der Waals surface area (Å²) in [7, 11) is 0. The van der Waals surface area contributed by atoms with Gasteiger partial charge in [-0.15, -0.1) is 0 Å². The van der Waals surface area contributed by atoms with Crippen LogP contribution in [0.2, 0.25) is 0 Å². The predicted octanol–water partition coefficient (Wildman–Crippen LogP) is 2.17. The van der Waals surface area contributed by atoms with Gasteiger partial charge >= 0.3 is 11.9 Å². The van der Waals surface area contributed by atoms with Crippen LogP contribution in [-0.2, 0) is 9.47 Å². The van der Waals surface area contributed by atoms with Gasteiger partial charge in [0.1, 0.15) is 31.7 Å². The number of esters is 2. The van der Waals surface area contributed by atoms with Crippen molar-refractivity contribution >= 4 is 29.1 Å². The number of carbonyl (C=O) groups is 2. The smallest absolute Gasteiger partial charge is 0.338 e. The fraction of sp³-hybridized carbons (Fsp3) is 0.174. The molecular formula is C23H21N5O5. The lowest BCUT2D eigenvalue weighted by molar-refractivity contribution is 0.00145. The number of anilines is 1. The lowest BCUT2D eigenvalue weighted by atomic mass is 10.2. The summed E-state index contributed by atoms with van der Waals surface area (Å²) in [5.41, 5.74) is 7.39. The zero-order valence-corrected chi connectivity index (χ0v) is 17.5. The van der Waals surface area contributed by atoms with Crippen LogP contribution in [-0.4, -0.2) is 51.4 Å². The van der Waals surface area contributed by atoms with E-state index < -0.39 is 17.9 Å². The first kappa shape index (κ1) is 21.8. The van der Waals surface area contributed by atoms with Crippen LogP contribution in [0.1, 0.15) is 20.7 Å². The van der Waals surface area contributed by atoms with Crippen LogP contribution in [0.25, 0.3) is 11.2 Å². The molecule has 2 N–H and O–H groups in total. The Hall–Kier alpha value is -4.47. The van der Waals surface area contributed by atoms with E-state index in [1.807, 2.05) is 12.1 Å². The summed E-state index contributed by atoms with van der Waals surface area (Å²) in [6, 6.07) is 17.2. The highest BCUT2D eigenvalue weighted by molar-refractivity contribution is 5.89. The minimum Gasteiger partial charge on any atom is -0.462 e. The van der Waals surface area contributed by atoms with Gasteiger partial charge in [-0.25, -0.2) is 19.6 Å². The van der Waals surface area contributed by atoms with Crippen molar-refractivity contribution in [2.45, 2.75) is 0 Å². The van der Waals surface area contributed by atoms with Crippen LogP contribution in [0.15, 0.2) is 73.2 Å². The first-order valence-electron chi connectivity index (χ1n) is 10.1. The first-order chi connectivity index (χ1) is 16.1. The number of hydrogen-bond donors (Lipinski definition) is 1. The Labute approximate surface area is 188 Å². The second-order valence-corrected chi connectivity index (χ2v) is 7.10. The number of hydrogen-bond acceptors (Lipinski definition) is 9. The Morgan fingerprint density at radius 1 is 0.848 bits per heavy atom. The third-order valence-electron chi connectivity index (χ3n) is 4.65. The average molecular weight is 447 g/mol. The SMILES string of the molecule is Nc1ncc2ncn(OCC(COC(=O)c3ccccc3)COC(=O)c3ccccc3)c2n1. The Balaban J connectivity index is 1.42. The van der Waals surface area contributed by atoms with Crippen molar-refractivity contribution in [2.24, 2.45) is 5.92 Å². The van der Waals surface area contributed by atoms with Gasteiger partial charge in [-0.3, -0.25) is 0 Å². The Kier molecular flexibility index (Phi) is 6.74. The largest absolute Gasteiger partial charge is 0.462 e. The van der Waals surface area contributed by atoms with E-state index in [0.29, 0.717) is 22.3 Å². The molecule has 0 aliphatic rings. The Bertz CT molecular complexity index is 1170.